The maximum Gasteiger partial charge on any atom is 0.343 e. The first-order valence-corrected chi connectivity index (χ1v) is 8.45. The smallest absolute Gasteiger partial charge is 0.343 e. The molecule has 2 aromatic carbocycles. The van der Waals surface area contributed by atoms with Crippen LogP contribution in [-0.4, -0.2) is 20.2 Å². The van der Waals surface area contributed by atoms with E-state index in [9.17, 15) is 4.79 Å². The molecule has 0 saturated heterocycles. The molecule has 0 aliphatic carbocycles. The minimum Gasteiger partial charge on any atom is -0.496 e. The molecule has 1 heterocycles. The summed E-state index contributed by atoms with van der Waals surface area (Å²) in [4.78, 5) is 12.2. The Hall–Kier alpha value is -2.53. The van der Waals surface area contributed by atoms with Crippen LogP contribution in [0.3, 0.4) is 0 Å². The Bertz CT molecular complexity index is 879. The van der Waals surface area contributed by atoms with Gasteiger partial charge in [0.15, 0.2) is 0 Å². The normalized spacial score (nSPS) is 15.1. The molecule has 0 N–H and O–H groups in total. The summed E-state index contributed by atoms with van der Waals surface area (Å²) in [5.41, 5.74) is 3.23. The molecule has 0 aromatic heterocycles. The van der Waals surface area contributed by atoms with Crippen molar-refractivity contribution in [3.8, 4) is 11.5 Å². The lowest BCUT2D eigenvalue weighted by molar-refractivity contribution is -0.130. The van der Waals surface area contributed by atoms with Crippen LogP contribution in [-0.2, 0) is 9.53 Å². The van der Waals surface area contributed by atoms with Gasteiger partial charge in [0.1, 0.15) is 17.3 Å². The lowest BCUT2D eigenvalue weighted by Crippen LogP contribution is -1.98. The summed E-state index contributed by atoms with van der Waals surface area (Å²) in [5.74, 6) is 1.42. The van der Waals surface area contributed by atoms with Gasteiger partial charge in [0.25, 0.3) is 0 Å². The first kappa shape index (κ1) is 17.3. The molecule has 0 radical (unpaired) electrons. The molecule has 0 bridgehead atoms. The number of cyclic esters (lactones) is 1. The summed E-state index contributed by atoms with van der Waals surface area (Å²) in [5, 5.41) is 0. The zero-order chi connectivity index (χ0) is 18.0. The van der Waals surface area contributed by atoms with Gasteiger partial charge < -0.3 is 14.2 Å². The quantitative estimate of drug-likeness (QED) is 0.548. The molecule has 5 heteroatoms. The van der Waals surface area contributed by atoms with Crippen molar-refractivity contribution in [2.24, 2.45) is 0 Å². The van der Waals surface area contributed by atoms with Gasteiger partial charge in [-0.25, -0.2) is 4.79 Å². The van der Waals surface area contributed by atoms with Gasteiger partial charge in [0, 0.05) is 17.2 Å². The van der Waals surface area contributed by atoms with Crippen LogP contribution in [0.25, 0.3) is 11.8 Å². The summed E-state index contributed by atoms with van der Waals surface area (Å²) in [6.07, 6.45) is 3.48. The lowest BCUT2D eigenvalue weighted by Gasteiger charge is -2.10. The standard InChI is InChI=1S/C20H17BrO4/c1-12-4-6-13(7-5-12)18-10-15(20(22)25-18)8-14-9-16(21)19(24-3)11-17(14)23-2/h4-11H,1-3H3. The van der Waals surface area contributed by atoms with Gasteiger partial charge >= 0.3 is 5.97 Å². The summed E-state index contributed by atoms with van der Waals surface area (Å²) in [6, 6.07) is 11.4. The minimum atomic E-state index is -0.385. The lowest BCUT2D eigenvalue weighted by atomic mass is 10.1. The molecule has 2 aromatic rings. The number of benzene rings is 2. The number of carbonyl (C=O) groups excluding carboxylic acids is 1. The van der Waals surface area contributed by atoms with E-state index >= 15 is 0 Å². The summed E-state index contributed by atoms with van der Waals surface area (Å²) >= 11 is 3.45. The Balaban J connectivity index is 1.99. The highest BCUT2D eigenvalue weighted by Crippen LogP contribution is 2.35. The SMILES string of the molecule is COc1cc(OC)c(C=C2C=C(c3ccc(C)cc3)OC2=O)cc1Br. The number of rotatable bonds is 4. The second-order valence-corrected chi connectivity index (χ2v) is 6.45. The molecular formula is C20H17BrO4. The molecular weight excluding hydrogens is 384 g/mol. The Kier molecular flexibility index (Phi) is 4.95. The molecule has 3 rings (SSSR count). The average molecular weight is 401 g/mol. The van der Waals surface area contributed by atoms with Crippen molar-refractivity contribution in [3.05, 3.63) is 69.2 Å². The maximum absolute atomic E-state index is 12.2. The molecule has 0 saturated carbocycles. The van der Waals surface area contributed by atoms with E-state index < -0.39 is 0 Å². The number of hydrogen-bond acceptors (Lipinski definition) is 4. The molecule has 25 heavy (non-hydrogen) atoms. The summed E-state index contributed by atoms with van der Waals surface area (Å²) in [7, 11) is 3.16. The number of halogens is 1. The second-order valence-electron chi connectivity index (χ2n) is 5.59. The van der Waals surface area contributed by atoms with E-state index in [4.69, 9.17) is 14.2 Å². The maximum atomic E-state index is 12.2. The number of methoxy groups -OCH3 is 2. The van der Waals surface area contributed by atoms with Gasteiger partial charge in [0.05, 0.1) is 24.3 Å². The Morgan fingerprint density at radius 3 is 2.36 bits per heavy atom. The van der Waals surface area contributed by atoms with E-state index in [0.717, 1.165) is 21.2 Å². The van der Waals surface area contributed by atoms with E-state index in [1.165, 1.54) is 0 Å². The zero-order valence-electron chi connectivity index (χ0n) is 14.1. The first-order valence-electron chi connectivity index (χ1n) is 7.66. The number of esters is 1. The van der Waals surface area contributed by atoms with Crippen LogP contribution in [0, 0.1) is 6.92 Å². The van der Waals surface area contributed by atoms with Gasteiger partial charge in [-0.1, -0.05) is 29.8 Å². The highest BCUT2D eigenvalue weighted by Gasteiger charge is 2.22. The van der Waals surface area contributed by atoms with Crippen LogP contribution in [0.4, 0.5) is 0 Å². The van der Waals surface area contributed by atoms with Crippen molar-refractivity contribution in [3.63, 3.8) is 0 Å². The first-order chi connectivity index (χ1) is 12.0. The van der Waals surface area contributed by atoms with Crippen LogP contribution < -0.4 is 9.47 Å². The van der Waals surface area contributed by atoms with Crippen molar-refractivity contribution in [1.29, 1.82) is 0 Å². The van der Waals surface area contributed by atoms with Gasteiger partial charge in [-0.3, -0.25) is 0 Å². The van der Waals surface area contributed by atoms with E-state index in [1.54, 1.807) is 32.4 Å². The zero-order valence-corrected chi connectivity index (χ0v) is 15.7. The van der Waals surface area contributed by atoms with E-state index in [0.29, 0.717) is 22.8 Å². The fourth-order valence-electron chi connectivity index (χ4n) is 2.51. The van der Waals surface area contributed by atoms with Crippen LogP contribution in [0.2, 0.25) is 0 Å². The Morgan fingerprint density at radius 2 is 1.72 bits per heavy atom. The molecule has 128 valence electrons. The predicted molar refractivity (Wildman–Crippen MR) is 100 cm³/mol. The van der Waals surface area contributed by atoms with Crippen molar-refractivity contribution >= 4 is 33.7 Å². The van der Waals surface area contributed by atoms with Crippen LogP contribution in [0.1, 0.15) is 16.7 Å². The highest BCUT2D eigenvalue weighted by atomic mass is 79.9. The summed E-state index contributed by atoms with van der Waals surface area (Å²) < 4.78 is 16.8. The van der Waals surface area contributed by atoms with Gasteiger partial charge in [-0.05, 0) is 41.1 Å². The van der Waals surface area contributed by atoms with Gasteiger partial charge in [0.2, 0.25) is 0 Å². The summed E-state index contributed by atoms with van der Waals surface area (Å²) in [6.45, 7) is 2.01. The third-order valence-corrected chi connectivity index (χ3v) is 4.50. The van der Waals surface area contributed by atoms with Gasteiger partial charge in [-0.2, -0.15) is 0 Å². The van der Waals surface area contributed by atoms with Crippen molar-refractivity contribution < 1.29 is 19.0 Å². The Morgan fingerprint density at radius 1 is 1.04 bits per heavy atom. The van der Waals surface area contributed by atoms with Crippen molar-refractivity contribution in [2.75, 3.05) is 14.2 Å². The van der Waals surface area contributed by atoms with Gasteiger partial charge in [-0.15, -0.1) is 0 Å². The molecule has 0 spiro atoms. The predicted octanol–water partition coefficient (Wildman–Crippen LogP) is 4.76. The van der Waals surface area contributed by atoms with E-state index in [-0.39, 0.29) is 5.97 Å². The number of carbonyl (C=O) groups is 1. The number of ether oxygens (including phenoxy) is 3. The molecule has 4 nitrogen and oxygen atoms in total. The van der Waals surface area contributed by atoms with E-state index in [2.05, 4.69) is 15.9 Å². The second kappa shape index (κ2) is 7.15. The van der Waals surface area contributed by atoms with Crippen LogP contribution >= 0.6 is 15.9 Å². The van der Waals surface area contributed by atoms with Crippen molar-refractivity contribution in [1.82, 2.24) is 0 Å². The third kappa shape index (κ3) is 3.61. The number of hydrogen-bond donors (Lipinski definition) is 0. The van der Waals surface area contributed by atoms with E-state index in [1.807, 2.05) is 37.3 Å². The highest BCUT2D eigenvalue weighted by molar-refractivity contribution is 9.10. The topological polar surface area (TPSA) is 44.8 Å². The Labute approximate surface area is 154 Å². The molecule has 1 aliphatic heterocycles. The minimum absolute atomic E-state index is 0.385. The molecule has 0 fully saturated rings. The fourth-order valence-corrected chi connectivity index (χ4v) is 3.04. The number of aryl methyl sites for hydroxylation is 1. The monoisotopic (exact) mass is 400 g/mol. The molecule has 0 atom stereocenters. The third-order valence-electron chi connectivity index (χ3n) is 3.88. The largest absolute Gasteiger partial charge is 0.496 e. The van der Waals surface area contributed by atoms with Crippen LogP contribution in [0.5, 0.6) is 11.5 Å². The van der Waals surface area contributed by atoms with Crippen molar-refractivity contribution in [2.45, 2.75) is 6.92 Å². The molecule has 0 amide bonds. The molecule has 1 aliphatic rings. The fraction of sp³-hybridized carbons (Fsp3) is 0.150. The molecule has 0 unspecified atom stereocenters. The average Bonchev–Trinajstić information content (AvgIpc) is 2.96. The van der Waals surface area contributed by atoms with Crippen LogP contribution in [0.15, 0.2) is 52.5 Å².